The summed E-state index contributed by atoms with van der Waals surface area (Å²) in [5, 5.41) is 10.6. The summed E-state index contributed by atoms with van der Waals surface area (Å²) in [7, 11) is -1.63. The van der Waals surface area contributed by atoms with Gasteiger partial charge >= 0.3 is 0 Å². The van der Waals surface area contributed by atoms with E-state index in [9.17, 15) is 5.11 Å². The molecular weight excluding hydrogens is 204 g/mol. The maximum Gasteiger partial charge on any atom is 0.187 e. The quantitative estimate of drug-likeness (QED) is 0.581. The number of hydrogen-bond donors (Lipinski definition) is 1. The first-order chi connectivity index (χ1) is 6.82. The zero-order chi connectivity index (χ0) is 11.3. The molecule has 1 spiro atoms. The summed E-state index contributed by atoms with van der Waals surface area (Å²) in [5.41, 5.74) is 0.117. The fourth-order valence-electron chi connectivity index (χ4n) is 3.38. The molecule has 15 heavy (non-hydrogen) atoms. The van der Waals surface area contributed by atoms with Crippen LogP contribution < -0.4 is 0 Å². The molecule has 0 saturated heterocycles. The van der Waals surface area contributed by atoms with Gasteiger partial charge in [-0.2, -0.15) is 0 Å². The average Bonchev–Trinajstić information content (AvgIpc) is 2.51. The van der Waals surface area contributed by atoms with E-state index in [0.717, 1.165) is 12.8 Å². The molecule has 2 saturated carbocycles. The minimum Gasteiger partial charge on any atom is -0.390 e. The lowest BCUT2D eigenvalue weighted by Crippen LogP contribution is -2.38. The van der Waals surface area contributed by atoms with Crippen molar-refractivity contribution in [1.82, 2.24) is 0 Å². The van der Waals surface area contributed by atoms with Crippen molar-refractivity contribution >= 4 is 8.32 Å². The van der Waals surface area contributed by atoms with E-state index < -0.39 is 14.1 Å². The van der Waals surface area contributed by atoms with E-state index in [-0.39, 0.29) is 5.41 Å². The molecule has 0 amide bonds. The van der Waals surface area contributed by atoms with Gasteiger partial charge in [0.1, 0.15) is 0 Å². The highest BCUT2D eigenvalue weighted by atomic mass is 28.4. The zero-order valence-corrected chi connectivity index (χ0v) is 11.5. The average molecular weight is 228 g/mol. The fraction of sp³-hybridized carbons (Fsp3) is 1.00. The molecule has 0 aliphatic heterocycles. The van der Waals surface area contributed by atoms with E-state index >= 15 is 0 Å². The largest absolute Gasteiger partial charge is 0.390 e. The molecule has 2 atom stereocenters. The van der Waals surface area contributed by atoms with E-state index in [1.807, 2.05) is 0 Å². The van der Waals surface area contributed by atoms with E-state index in [2.05, 4.69) is 26.6 Å². The monoisotopic (exact) mass is 228 g/mol. The molecule has 2 aliphatic rings. The predicted molar refractivity (Wildman–Crippen MR) is 64.1 cm³/mol. The Hall–Kier alpha value is 0.137. The van der Waals surface area contributed by atoms with Gasteiger partial charge in [-0.1, -0.05) is 26.2 Å². The SMILES string of the molecule is CC1C2(CCCCC2)C1(O)O[Si](C)(C)C. The molecule has 1 N–H and O–H groups in total. The first-order valence-electron chi connectivity index (χ1n) is 6.24. The lowest BCUT2D eigenvalue weighted by Gasteiger charge is -2.30. The van der Waals surface area contributed by atoms with E-state index in [0.29, 0.717) is 5.92 Å². The van der Waals surface area contributed by atoms with Crippen molar-refractivity contribution < 1.29 is 9.53 Å². The lowest BCUT2D eigenvalue weighted by molar-refractivity contribution is -0.0993. The van der Waals surface area contributed by atoms with Crippen LogP contribution in [0.2, 0.25) is 19.6 Å². The first-order valence-corrected chi connectivity index (χ1v) is 9.65. The van der Waals surface area contributed by atoms with E-state index in [1.54, 1.807) is 0 Å². The Labute approximate surface area is 94.2 Å². The van der Waals surface area contributed by atoms with Gasteiger partial charge in [0, 0.05) is 11.3 Å². The van der Waals surface area contributed by atoms with Crippen LogP contribution in [0.4, 0.5) is 0 Å². The lowest BCUT2D eigenvalue weighted by atomic mass is 9.84. The second kappa shape index (κ2) is 3.31. The minimum absolute atomic E-state index is 0.117. The third kappa shape index (κ3) is 1.69. The first kappa shape index (κ1) is 11.6. The minimum atomic E-state index is -1.63. The molecule has 88 valence electrons. The summed E-state index contributed by atoms with van der Waals surface area (Å²) in [5.74, 6) is -0.435. The van der Waals surface area contributed by atoms with E-state index in [4.69, 9.17) is 4.43 Å². The standard InChI is InChI=1S/C12H24O2Si/c1-10-11(8-6-5-7-9-11)12(10,13)14-15(2,3)4/h10,13H,5-9H2,1-4H3. The van der Waals surface area contributed by atoms with Crippen LogP contribution in [0.3, 0.4) is 0 Å². The van der Waals surface area contributed by atoms with Gasteiger partial charge in [0.15, 0.2) is 14.1 Å². The van der Waals surface area contributed by atoms with Crippen LogP contribution >= 0.6 is 0 Å². The van der Waals surface area contributed by atoms with Crippen LogP contribution in [-0.4, -0.2) is 19.2 Å². The molecule has 0 aromatic heterocycles. The summed E-state index contributed by atoms with van der Waals surface area (Å²) < 4.78 is 6.04. The van der Waals surface area contributed by atoms with Crippen molar-refractivity contribution in [3.8, 4) is 0 Å². The summed E-state index contributed by atoms with van der Waals surface area (Å²) in [6.45, 7) is 8.64. The molecule has 0 radical (unpaired) electrons. The van der Waals surface area contributed by atoms with Gasteiger partial charge < -0.3 is 9.53 Å². The molecule has 0 aromatic rings. The summed E-state index contributed by atoms with van der Waals surface area (Å²) >= 11 is 0. The molecule has 2 fully saturated rings. The Balaban J connectivity index is 2.11. The van der Waals surface area contributed by atoms with Gasteiger partial charge in [0.05, 0.1) is 0 Å². The van der Waals surface area contributed by atoms with Gasteiger partial charge in [-0.25, -0.2) is 0 Å². The van der Waals surface area contributed by atoms with Gasteiger partial charge in [-0.3, -0.25) is 0 Å². The molecule has 0 aromatic carbocycles. The van der Waals surface area contributed by atoms with E-state index in [1.165, 1.54) is 19.3 Å². The van der Waals surface area contributed by atoms with Crippen LogP contribution in [0.15, 0.2) is 0 Å². The number of aliphatic hydroxyl groups is 1. The molecular formula is C12H24O2Si. The summed E-state index contributed by atoms with van der Waals surface area (Å²) in [6.07, 6.45) is 6.19. The van der Waals surface area contributed by atoms with Crippen molar-refractivity contribution in [3.63, 3.8) is 0 Å². The topological polar surface area (TPSA) is 29.5 Å². The Bertz CT molecular complexity index is 253. The van der Waals surface area contributed by atoms with Crippen molar-refractivity contribution in [3.05, 3.63) is 0 Å². The normalized spacial score (nSPS) is 39.4. The molecule has 2 rings (SSSR count). The predicted octanol–water partition coefficient (Wildman–Crippen LogP) is 3.13. The number of rotatable bonds is 2. The van der Waals surface area contributed by atoms with Gasteiger partial charge in [-0.15, -0.1) is 0 Å². The van der Waals surface area contributed by atoms with Crippen molar-refractivity contribution in [2.45, 2.75) is 64.5 Å². The van der Waals surface area contributed by atoms with Crippen molar-refractivity contribution in [2.75, 3.05) is 0 Å². The summed E-state index contributed by atoms with van der Waals surface area (Å²) in [4.78, 5) is 0. The van der Waals surface area contributed by atoms with Crippen LogP contribution in [0.25, 0.3) is 0 Å². The molecule has 2 nitrogen and oxygen atoms in total. The highest BCUT2D eigenvalue weighted by molar-refractivity contribution is 6.69. The molecule has 0 bridgehead atoms. The number of hydrogen-bond acceptors (Lipinski definition) is 2. The van der Waals surface area contributed by atoms with Crippen LogP contribution in [0, 0.1) is 11.3 Å². The third-order valence-electron chi connectivity index (χ3n) is 4.25. The van der Waals surface area contributed by atoms with Gasteiger partial charge in [0.25, 0.3) is 0 Å². The van der Waals surface area contributed by atoms with Crippen LogP contribution in [0.1, 0.15) is 39.0 Å². The van der Waals surface area contributed by atoms with Gasteiger partial charge in [-0.05, 0) is 32.5 Å². The Morgan fingerprint density at radius 1 is 1.13 bits per heavy atom. The highest BCUT2D eigenvalue weighted by Gasteiger charge is 2.75. The van der Waals surface area contributed by atoms with Crippen LogP contribution in [0.5, 0.6) is 0 Å². The van der Waals surface area contributed by atoms with Crippen molar-refractivity contribution in [2.24, 2.45) is 11.3 Å². The second-order valence-corrected chi connectivity index (χ2v) is 10.8. The highest BCUT2D eigenvalue weighted by Crippen LogP contribution is 2.69. The summed E-state index contributed by atoms with van der Waals surface area (Å²) in [6, 6.07) is 0. The Kier molecular flexibility index (Phi) is 2.57. The van der Waals surface area contributed by atoms with Crippen LogP contribution in [-0.2, 0) is 4.43 Å². The smallest absolute Gasteiger partial charge is 0.187 e. The molecule has 3 heteroatoms. The van der Waals surface area contributed by atoms with Crippen molar-refractivity contribution in [1.29, 1.82) is 0 Å². The second-order valence-electron chi connectivity index (χ2n) is 6.35. The van der Waals surface area contributed by atoms with Gasteiger partial charge in [0.2, 0.25) is 0 Å². The fourth-order valence-corrected chi connectivity index (χ4v) is 4.69. The molecule has 2 aliphatic carbocycles. The molecule has 0 heterocycles. The third-order valence-corrected chi connectivity index (χ3v) is 5.18. The Morgan fingerprint density at radius 2 is 1.67 bits per heavy atom. The molecule has 2 unspecified atom stereocenters. The Morgan fingerprint density at radius 3 is 2.13 bits per heavy atom. The zero-order valence-electron chi connectivity index (χ0n) is 10.5. The maximum absolute atomic E-state index is 10.6. The maximum atomic E-state index is 10.6.